The van der Waals surface area contributed by atoms with E-state index in [0.29, 0.717) is 11.8 Å². The van der Waals surface area contributed by atoms with Gasteiger partial charge in [0, 0.05) is 30.4 Å². The molecule has 2 heterocycles. The summed E-state index contributed by atoms with van der Waals surface area (Å²) >= 11 is 0. The number of carboxylic acids is 1. The number of carboxylic acid groups (broad SMARTS) is 1. The molecule has 5 rings (SSSR count). The van der Waals surface area contributed by atoms with Crippen LogP contribution < -0.4 is 0 Å². The Balaban J connectivity index is 0.000000174. The average molecular weight is 481 g/mol. The molecule has 0 fully saturated rings. The number of aromatic nitrogens is 2. The van der Waals surface area contributed by atoms with Crippen LogP contribution in [0.15, 0.2) is 36.5 Å². The number of nitro benzene ring substituents is 2. The van der Waals surface area contributed by atoms with Crippen LogP contribution >= 0.6 is 0 Å². The highest BCUT2D eigenvalue weighted by atomic mass is 16.6. The van der Waals surface area contributed by atoms with E-state index >= 15 is 0 Å². The number of nitro groups is 2. The summed E-state index contributed by atoms with van der Waals surface area (Å²) in [5.41, 5.74) is 3.55. The Labute approximate surface area is 199 Å². The SMILES string of the molecule is CCCN1CCc2cc(O)cc3c2C1Cc1c[nH]nc1-3.O=C(O)c1cccc([N+](=O)[O-])c1[N+](=O)[O-]. The van der Waals surface area contributed by atoms with Crippen molar-refractivity contribution in [1.29, 1.82) is 0 Å². The molecule has 12 heteroatoms. The van der Waals surface area contributed by atoms with Crippen molar-refractivity contribution < 1.29 is 24.9 Å². The molecule has 2 aromatic carbocycles. The summed E-state index contributed by atoms with van der Waals surface area (Å²) in [6.45, 7) is 4.46. The summed E-state index contributed by atoms with van der Waals surface area (Å²) in [7, 11) is 0. The number of rotatable bonds is 5. The fourth-order valence-electron chi connectivity index (χ4n) is 4.84. The molecule has 0 amide bonds. The Morgan fingerprint density at radius 1 is 1.23 bits per heavy atom. The molecule has 0 radical (unpaired) electrons. The van der Waals surface area contributed by atoms with Gasteiger partial charge in [-0.25, -0.2) is 4.79 Å². The first-order valence-corrected chi connectivity index (χ1v) is 11.0. The predicted octanol–water partition coefficient (Wildman–Crippen LogP) is 3.85. The molecular weight excluding hydrogens is 458 g/mol. The number of aromatic carboxylic acids is 1. The summed E-state index contributed by atoms with van der Waals surface area (Å²) in [5.74, 6) is -1.22. The number of aromatic hydroxyl groups is 1. The second kappa shape index (κ2) is 9.50. The molecular formula is C23H23N5O7. The zero-order valence-electron chi connectivity index (χ0n) is 18.8. The molecule has 12 nitrogen and oxygen atoms in total. The second-order valence-electron chi connectivity index (χ2n) is 8.32. The van der Waals surface area contributed by atoms with Gasteiger partial charge < -0.3 is 10.2 Å². The number of nitrogens with zero attached hydrogens (tertiary/aromatic N) is 4. The minimum Gasteiger partial charge on any atom is -0.508 e. The van der Waals surface area contributed by atoms with E-state index in [9.17, 15) is 30.1 Å². The monoisotopic (exact) mass is 481 g/mol. The lowest BCUT2D eigenvalue weighted by molar-refractivity contribution is -0.422. The molecule has 0 spiro atoms. The Hall–Kier alpha value is -4.32. The van der Waals surface area contributed by atoms with Crippen LogP contribution in [-0.2, 0) is 12.8 Å². The number of carbonyl (C=O) groups is 1. The first-order chi connectivity index (χ1) is 16.7. The van der Waals surface area contributed by atoms with Gasteiger partial charge in [-0.3, -0.25) is 30.2 Å². The number of hydrogen-bond donors (Lipinski definition) is 3. The van der Waals surface area contributed by atoms with Crippen molar-refractivity contribution in [2.45, 2.75) is 32.2 Å². The van der Waals surface area contributed by atoms with Gasteiger partial charge in [-0.05, 0) is 60.7 Å². The first kappa shape index (κ1) is 23.8. The number of phenolic OH excluding ortho intramolecular Hbond substituents is 1. The van der Waals surface area contributed by atoms with Gasteiger partial charge in [0.25, 0.3) is 0 Å². The molecule has 0 bridgehead atoms. The van der Waals surface area contributed by atoms with E-state index in [4.69, 9.17) is 5.11 Å². The van der Waals surface area contributed by atoms with E-state index in [0.717, 1.165) is 55.4 Å². The molecule has 3 N–H and O–H groups in total. The lowest BCUT2D eigenvalue weighted by Gasteiger charge is -2.40. The molecule has 35 heavy (non-hydrogen) atoms. The molecule has 0 saturated carbocycles. The molecule has 182 valence electrons. The van der Waals surface area contributed by atoms with Crippen LogP contribution in [0.4, 0.5) is 11.4 Å². The first-order valence-electron chi connectivity index (χ1n) is 11.0. The van der Waals surface area contributed by atoms with Crippen molar-refractivity contribution in [3.63, 3.8) is 0 Å². The van der Waals surface area contributed by atoms with Crippen molar-refractivity contribution in [2.75, 3.05) is 13.1 Å². The summed E-state index contributed by atoms with van der Waals surface area (Å²) < 4.78 is 0. The quantitative estimate of drug-likeness (QED) is 0.361. The number of nitrogens with one attached hydrogen (secondary N) is 1. The Morgan fingerprint density at radius 3 is 2.66 bits per heavy atom. The Bertz CT molecular complexity index is 1290. The number of aromatic amines is 1. The topological polar surface area (TPSA) is 176 Å². The highest BCUT2D eigenvalue weighted by Crippen LogP contribution is 2.45. The highest BCUT2D eigenvalue weighted by Gasteiger charge is 2.35. The van der Waals surface area contributed by atoms with Crippen LogP contribution in [0.3, 0.4) is 0 Å². The zero-order valence-corrected chi connectivity index (χ0v) is 18.8. The second-order valence-corrected chi connectivity index (χ2v) is 8.32. The molecule has 1 aliphatic heterocycles. The summed E-state index contributed by atoms with van der Waals surface area (Å²) in [4.78, 5) is 32.0. The van der Waals surface area contributed by atoms with Gasteiger partial charge in [-0.1, -0.05) is 13.0 Å². The smallest absolute Gasteiger partial charge is 0.360 e. The minimum atomic E-state index is -1.58. The summed E-state index contributed by atoms with van der Waals surface area (Å²) in [6, 6.07) is 7.15. The van der Waals surface area contributed by atoms with Gasteiger partial charge in [0.15, 0.2) is 0 Å². The van der Waals surface area contributed by atoms with Crippen molar-refractivity contribution in [3.05, 3.63) is 79.0 Å². The average Bonchev–Trinajstić information content (AvgIpc) is 3.29. The van der Waals surface area contributed by atoms with Crippen molar-refractivity contribution in [1.82, 2.24) is 15.1 Å². The number of benzene rings is 2. The van der Waals surface area contributed by atoms with Crippen molar-refractivity contribution >= 4 is 17.3 Å². The van der Waals surface area contributed by atoms with E-state index in [-0.39, 0.29) is 0 Å². The van der Waals surface area contributed by atoms with Crippen LogP contribution in [0.25, 0.3) is 11.3 Å². The van der Waals surface area contributed by atoms with Gasteiger partial charge in [0.2, 0.25) is 0 Å². The van der Waals surface area contributed by atoms with E-state index < -0.39 is 32.8 Å². The third-order valence-corrected chi connectivity index (χ3v) is 6.22. The molecule has 2 aliphatic rings. The molecule has 3 aromatic rings. The number of para-hydroxylation sites is 1. The third-order valence-electron chi connectivity index (χ3n) is 6.22. The summed E-state index contributed by atoms with van der Waals surface area (Å²) in [6.07, 6.45) is 5.22. The van der Waals surface area contributed by atoms with Crippen LogP contribution in [0.2, 0.25) is 0 Å². The van der Waals surface area contributed by atoms with Gasteiger partial charge in [-0.2, -0.15) is 5.10 Å². The Kier molecular flexibility index (Phi) is 6.47. The van der Waals surface area contributed by atoms with Gasteiger partial charge in [0.1, 0.15) is 11.3 Å². The van der Waals surface area contributed by atoms with Crippen LogP contribution in [-0.4, -0.2) is 54.2 Å². The third kappa shape index (κ3) is 4.43. The predicted molar refractivity (Wildman–Crippen MR) is 124 cm³/mol. The standard InChI is InChI=1S/C16H19N3O.C7H4N2O6/c1-2-4-19-5-3-10-6-12(20)8-13-15(10)14(19)7-11-9-17-18-16(11)13;10-7(11)4-2-1-3-5(8(12)13)6(4)9(14)15/h6,8-9,14,20H,2-5,7H2,1H3,(H,17,18);1-3H,(H,10,11). The Morgan fingerprint density at radius 2 is 2.00 bits per heavy atom. The van der Waals surface area contributed by atoms with Gasteiger partial charge in [0.05, 0.1) is 15.5 Å². The van der Waals surface area contributed by atoms with E-state index in [2.05, 4.69) is 22.0 Å². The molecule has 1 unspecified atom stereocenters. The van der Waals surface area contributed by atoms with Crippen LogP contribution in [0, 0.1) is 20.2 Å². The van der Waals surface area contributed by atoms with Crippen LogP contribution in [0.5, 0.6) is 5.75 Å². The van der Waals surface area contributed by atoms with Crippen LogP contribution in [0.1, 0.15) is 46.4 Å². The fourth-order valence-corrected chi connectivity index (χ4v) is 4.84. The minimum absolute atomic E-state index is 0.359. The molecule has 1 aromatic heterocycles. The number of phenols is 1. The number of hydrogen-bond acceptors (Lipinski definition) is 8. The van der Waals surface area contributed by atoms with Crippen molar-refractivity contribution in [2.24, 2.45) is 0 Å². The molecule has 0 saturated heterocycles. The highest BCUT2D eigenvalue weighted by molar-refractivity contribution is 5.94. The maximum absolute atomic E-state index is 10.6. The number of H-pyrrole nitrogens is 1. The molecule has 1 aliphatic carbocycles. The summed E-state index contributed by atoms with van der Waals surface area (Å²) in [5, 5.41) is 46.9. The zero-order chi connectivity index (χ0) is 25.3. The largest absolute Gasteiger partial charge is 0.508 e. The lowest BCUT2D eigenvalue weighted by Crippen LogP contribution is -2.38. The van der Waals surface area contributed by atoms with E-state index in [1.165, 1.54) is 23.1 Å². The van der Waals surface area contributed by atoms with Gasteiger partial charge >= 0.3 is 17.3 Å². The van der Waals surface area contributed by atoms with E-state index in [1.807, 2.05) is 18.3 Å². The van der Waals surface area contributed by atoms with E-state index in [1.54, 1.807) is 0 Å². The lowest BCUT2D eigenvalue weighted by atomic mass is 9.79. The maximum Gasteiger partial charge on any atom is 0.360 e. The maximum atomic E-state index is 10.6. The fraction of sp³-hybridized carbons (Fsp3) is 0.304. The normalized spacial score (nSPS) is 15.9. The van der Waals surface area contributed by atoms with Crippen molar-refractivity contribution in [3.8, 4) is 17.0 Å². The molecule has 1 atom stereocenters. The van der Waals surface area contributed by atoms with Gasteiger partial charge in [-0.15, -0.1) is 0 Å². The number of fused-ring (bicyclic) bond motifs is 2.